The molecule has 3 aromatic rings. The van der Waals surface area contributed by atoms with Crippen molar-refractivity contribution in [2.45, 2.75) is 25.5 Å². The summed E-state index contributed by atoms with van der Waals surface area (Å²) in [6, 6.07) is 8.91. The molecule has 1 aliphatic rings. The van der Waals surface area contributed by atoms with Crippen LogP contribution in [-0.2, 0) is 0 Å². The SMILES string of the molecule is COc1cc(C(=O)NC2CN(c3cc(F)cc(Cl)c3)CCC2O)ccc1-n1cnc(C)c1. The lowest BCUT2D eigenvalue weighted by molar-refractivity contribution is 0.0785. The van der Waals surface area contributed by atoms with E-state index in [1.54, 1.807) is 30.6 Å². The van der Waals surface area contributed by atoms with Gasteiger partial charge in [0.05, 0.1) is 37.0 Å². The molecule has 2 aromatic carbocycles. The van der Waals surface area contributed by atoms with Crippen molar-refractivity contribution >= 4 is 23.2 Å². The Balaban J connectivity index is 1.51. The number of methoxy groups -OCH3 is 1. The molecule has 2 heterocycles. The number of carbonyl (C=O) groups excluding carboxylic acids is 1. The number of imidazole rings is 1. The molecule has 9 heteroatoms. The second-order valence-electron chi connectivity index (χ2n) is 7.82. The van der Waals surface area contributed by atoms with E-state index in [0.717, 1.165) is 11.4 Å². The third-order valence-electron chi connectivity index (χ3n) is 5.54. The molecule has 1 aliphatic heterocycles. The van der Waals surface area contributed by atoms with Gasteiger partial charge in [0.25, 0.3) is 5.91 Å². The lowest BCUT2D eigenvalue weighted by Gasteiger charge is -2.38. The van der Waals surface area contributed by atoms with Gasteiger partial charge in [-0.25, -0.2) is 9.37 Å². The third kappa shape index (κ3) is 4.71. The van der Waals surface area contributed by atoms with Crippen LogP contribution in [0.5, 0.6) is 5.75 Å². The Labute approximate surface area is 190 Å². The Hall–Kier alpha value is -3.10. The lowest BCUT2D eigenvalue weighted by atomic mass is 10.0. The molecule has 4 rings (SSSR count). The Morgan fingerprint density at radius 2 is 2.12 bits per heavy atom. The summed E-state index contributed by atoms with van der Waals surface area (Å²) < 4.78 is 21.1. The zero-order chi connectivity index (χ0) is 22.8. The molecule has 2 N–H and O–H groups in total. The second-order valence-corrected chi connectivity index (χ2v) is 8.26. The summed E-state index contributed by atoms with van der Waals surface area (Å²) >= 11 is 5.98. The van der Waals surface area contributed by atoms with E-state index in [2.05, 4.69) is 10.3 Å². The summed E-state index contributed by atoms with van der Waals surface area (Å²) in [5, 5.41) is 13.7. The summed E-state index contributed by atoms with van der Waals surface area (Å²) in [5.41, 5.74) is 2.64. The van der Waals surface area contributed by atoms with Crippen LogP contribution < -0.4 is 15.0 Å². The number of aromatic nitrogens is 2. The van der Waals surface area contributed by atoms with Crippen molar-refractivity contribution in [2.75, 3.05) is 25.1 Å². The molecular formula is C23H24ClFN4O3. The minimum atomic E-state index is -0.714. The average Bonchev–Trinajstić information content (AvgIpc) is 3.20. The van der Waals surface area contributed by atoms with E-state index in [-0.39, 0.29) is 5.91 Å². The minimum absolute atomic E-state index is 0.298. The lowest BCUT2D eigenvalue weighted by Crippen LogP contribution is -2.55. The summed E-state index contributed by atoms with van der Waals surface area (Å²) in [6.07, 6.45) is 3.26. The van der Waals surface area contributed by atoms with Crippen molar-refractivity contribution in [1.82, 2.24) is 14.9 Å². The molecule has 0 bridgehead atoms. The number of amides is 1. The van der Waals surface area contributed by atoms with Gasteiger partial charge >= 0.3 is 0 Å². The van der Waals surface area contributed by atoms with Gasteiger partial charge in [-0.2, -0.15) is 0 Å². The monoisotopic (exact) mass is 458 g/mol. The van der Waals surface area contributed by atoms with Gasteiger partial charge in [-0.15, -0.1) is 0 Å². The predicted molar refractivity (Wildman–Crippen MR) is 120 cm³/mol. The molecule has 1 saturated heterocycles. The number of anilines is 1. The maximum atomic E-state index is 13.8. The molecule has 2 atom stereocenters. The zero-order valence-corrected chi connectivity index (χ0v) is 18.5. The van der Waals surface area contributed by atoms with Crippen molar-refractivity contribution in [3.63, 3.8) is 0 Å². The smallest absolute Gasteiger partial charge is 0.251 e. The fourth-order valence-corrected chi connectivity index (χ4v) is 4.09. The van der Waals surface area contributed by atoms with Gasteiger partial charge in [0.15, 0.2) is 0 Å². The van der Waals surface area contributed by atoms with Crippen molar-refractivity contribution in [3.05, 3.63) is 71.0 Å². The van der Waals surface area contributed by atoms with E-state index in [0.29, 0.717) is 41.5 Å². The number of hydrogen-bond donors (Lipinski definition) is 2. The van der Waals surface area contributed by atoms with Crippen LogP contribution in [0.3, 0.4) is 0 Å². The largest absolute Gasteiger partial charge is 0.495 e. The fourth-order valence-electron chi connectivity index (χ4n) is 3.87. The van der Waals surface area contributed by atoms with Crippen LogP contribution in [0.2, 0.25) is 5.02 Å². The second kappa shape index (κ2) is 9.18. The molecule has 1 fully saturated rings. The van der Waals surface area contributed by atoms with Gasteiger partial charge in [0.1, 0.15) is 11.6 Å². The van der Waals surface area contributed by atoms with E-state index in [1.807, 2.05) is 22.6 Å². The van der Waals surface area contributed by atoms with Gasteiger partial charge in [0.2, 0.25) is 0 Å². The fraction of sp³-hybridized carbons (Fsp3) is 0.304. The van der Waals surface area contributed by atoms with E-state index >= 15 is 0 Å². The van der Waals surface area contributed by atoms with Gasteiger partial charge in [-0.05, 0) is 49.7 Å². The number of nitrogens with zero attached hydrogens (tertiary/aromatic N) is 3. The molecule has 1 aromatic heterocycles. The molecule has 1 amide bonds. The van der Waals surface area contributed by atoms with Gasteiger partial charge < -0.3 is 24.6 Å². The standard InChI is InChI=1S/C23H24ClFN4O3/c1-14-11-29(13-26-14)20-4-3-15(7-22(20)32-2)23(31)27-19-12-28(6-5-21(19)30)18-9-16(24)8-17(25)10-18/h3-4,7-11,13,19,21,30H,5-6,12H2,1-2H3,(H,27,31). The maximum absolute atomic E-state index is 13.8. The number of halogens is 2. The predicted octanol–water partition coefficient (Wildman–Crippen LogP) is 3.35. The Morgan fingerprint density at radius 3 is 2.81 bits per heavy atom. The highest BCUT2D eigenvalue weighted by molar-refractivity contribution is 6.30. The number of hydrogen-bond acceptors (Lipinski definition) is 5. The summed E-state index contributed by atoms with van der Waals surface area (Å²) in [6.45, 7) is 2.75. The van der Waals surface area contributed by atoms with Gasteiger partial charge in [-0.1, -0.05) is 11.6 Å². The van der Waals surface area contributed by atoms with Crippen LogP contribution in [0, 0.1) is 12.7 Å². The van der Waals surface area contributed by atoms with Crippen molar-refractivity contribution in [1.29, 1.82) is 0 Å². The molecule has 0 radical (unpaired) electrons. The number of benzene rings is 2. The normalized spacial score (nSPS) is 18.5. The Kier molecular flexibility index (Phi) is 6.34. The van der Waals surface area contributed by atoms with Crippen molar-refractivity contribution in [2.24, 2.45) is 0 Å². The number of ether oxygens (including phenoxy) is 1. The molecule has 2 unspecified atom stereocenters. The number of aliphatic hydroxyl groups excluding tert-OH is 1. The molecular weight excluding hydrogens is 435 g/mol. The van der Waals surface area contributed by atoms with Gasteiger partial charge in [-0.3, -0.25) is 4.79 Å². The van der Waals surface area contributed by atoms with Crippen molar-refractivity contribution in [3.8, 4) is 11.4 Å². The number of nitrogens with one attached hydrogen (secondary N) is 1. The molecule has 0 spiro atoms. The van der Waals surface area contributed by atoms with Crippen molar-refractivity contribution < 1.29 is 19.0 Å². The molecule has 7 nitrogen and oxygen atoms in total. The van der Waals surface area contributed by atoms with Crippen LogP contribution >= 0.6 is 11.6 Å². The quantitative estimate of drug-likeness (QED) is 0.613. The Morgan fingerprint density at radius 1 is 1.31 bits per heavy atom. The molecule has 0 aliphatic carbocycles. The Bertz CT molecular complexity index is 1120. The third-order valence-corrected chi connectivity index (χ3v) is 5.76. The van der Waals surface area contributed by atoms with E-state index in [1.165, 1.54) is 19.2 Å². The van der Waals surface area contributed by atoms with Crippen LogP contribution in [0.15, 0.2) is 48.9 Å². The van der Waals surface area contributed by atoms with Crippen LogP contribution in [-0.4, -0.2) is 52.9 Å². The number of aliphatic hydroxyl groups is 1. The minimum Gasteiger partial charge on any atom is -0.495 e. The summed E-state index contributed by atoms with van der Waals surface area (Å²) in [4.78, 5) is 19.1. The number of aryl methyl sites for hydroxylation is 1. The number of piperidine rings is 1. The first-order valence-electron chi connectivity index (χ1n) is 10.2. The first kappa shape index (κ1) is 22.1. The first-order valence-corrected chi connectivity index (χ1v) is 10.6. The molecule has 168 valence electrons. The summed E-state index contributed by atoms with van der Waals surface area (Å²) in [5.74, 6) is -0.241. The van der Waals surface area contributed by atoms with Crippen LogP contribution in [0.25, 0.3) is 5.69 Å². The average molecular weight is 459 g/mol. The van der Waals surface area contributed by atoms with Crippen LogP contribution in [0.1, 0.15) is 22.5 Å². The number of rotatable bonds is 5. The van der Waals surface area contributed by atoms with Gasteiger partial charge in [0, 0.05) is 35.6 Å². The molecule has 32 heavy (non-hydrogen) atoms. The highest BCUT2D eigenvalue weighted by Gasteiger charge is 2.30. The number of carbonyl (C=O) groups is 1. The van der Waals surface area contributed by atoms with Crippen LogP contribution in [0.4, 0.5) is 10.1 Å². The zero-order valence-electron chi connectivity index (χ0n) is 17.8. The highest BCUT2D eigenvalue weighted by atomic mass is 35.5. The van der Waals surface area contributed by atoms with E-state index < -0.39 is 18.0 Å². The first-order chi connectivity index (χ1) is 15.3. The maximum Gasteiger partial charge on any atom is 0.251 e. The topological polar surface area (TPSA) is 79.6 Å². The molecule has 0 saturated carbocycles. The van der Waals surface area contributed by atoms with E-state index in [9.17, 15) is 14.3 Å². The summed E-state index contributed by atoms with van der Waals surface area (Å²) in [7, 11) is 1.54. The van der Waals surface area contributed by atoms with E-state index in [4.69, 9.17) is 16.3 Å². The highest BCUT2D eigenvalue weighted by Crippen LogP contribution is 2.27.